The van der Waals surface area contributed by atoms with E-state index in [0.29, 0.717) is 31.3 Å². The van der Waals surface area contributed by atoms with Gasteiger partial charge in [-0.1, -0.05) is 13.8 Å². The van der Waals surface area contributed by atoms with E-state index in [9.17, 15) is 4.79 Å². The van der Waals surface area contributed by atoms with E-state index in [2.05, 4.69) is 9.97 Å². The van der Waals surface area contributed by atoms with E-state index in [1.165, 1.54) is 6.07 Å². The normalized spacial score (nSPS) is 10.9. The lowest BCUT2D eigenvalue weighted by Gasteiger charge is -2.22. The second-order valence-corrected chi connectivity index (χ2v) is 4.35. The first-order chi connectivity index (χ1) is 8.58. The topological polar surface area (TPSA) is 78.5 Å². The maximum Gasteiger partial charge on any atom is 0.252 e. The van der Waals surface area contributed by atoms with Crippen molar-refractivity contribution in [1.82, 2.24) is 9.97 Å². The van der Waals surface area contributed by atoms with E-state index in [4.69, 9.17) is 9.84 Å². The Bertz CT molecular complexity index is 417. The van der Waals surface area contributed by atoms with Crippen LogP contribution in [-0.4, -0.2) is 48.5 Å². The molecule has 1 aromatic heterocycles. The van der Waals surface area contributed by atoms with Gasteiger partial charge in [-0.3, -0.25) is 4.79 Å². The van der Waals surface area contributed by atoms with Crippen LogP contribution in [0.25, 0.3) is 0 Å². The molecule has 0 unspecified atom stereocenters. The van der Waals surface area contributed by atoms with E-state index in [1.807, 2.05) is 18.7 Å². The van der Waals surface area contributed by atoms with Crippen LogP contribution in [0.1, 0.15) is 25.6 Å². The quantitative estimate of drug-likeness (QED) is 0.734. The summed E-state index contributed by atoms with van der Waals surface area (Å²) in [5.74, 6) is 1.38. The summed E-state index contributed by atoms with van der Waals surface area (Å²) < 4.78 is 5.01. The number of anilines is 1. The maximum atomic E-state index is 11.6. The average molecular weight is 255 g/mol. The molecule has 1 rings (SSSR count). The number of H-pyrrole nitrogens is 1. The molecular weight excluding hydrogens is 234 g/mol. The van der Waals surface area contributed by atoms with Crippen LogP contribution in [0.2, 0.25) is 0 Å². The molecule has 0 saturated carbocycles. The van der Waals surface area contributed by atoms with Crippen molar-refractivity contribution < 1.29 is 9.84 Å². The Morgan fingerprint density at radius 3 is 2.78 bits per heavy atom. The van der Waals surface area contributed by atoms with Gasteiger partial charge >= 0.3 is 0 Å². The standard InChI is InChI=1S/C12H21N3O3/c1-9(2)12-13-10(8-11(17)14-12)15(4-6-16)5-7-18-3/h8-9,16H,4-7H2,1-3H3,(H,13,14,17). The van der Waals surface area contributed by atoms with E-state index in [-0.39, 0.29) is 18.1 Å². The van der Waals surface area contributed by atoms with E-state index in [0.717, 1.165) is 0 Å². The molecule has 2 N–H and O–H groups in total. The Labute approximate surface area is 107 Å². The van der Waals surface area contributed by atoms with Gasteiger partial charge in [0.25, 0.3) is 5.56 Å². The van der Waals surface area contributed by atoms with Crippen molar-refractivity contribution in [3.05, 3.63) is 22.2 Å². The second kappa shape index (κ2) is 7.13. The highest BCUT2D eigenvalue weighted by Crippen LogP contribution is 2.12. The number of rotatable bonds is 7. The summed E-state index contributed by atoms with van der Waals surface area (Å²) in [5, 5.41) is 9.05. The second-order valence-electron chi connectivity index (χ2n) is 4.35. The van der Waals surface area contributed by atoms with Gasteiger partial charge in [0.1, 0.15) is 11.6 Å². The predicted molar refractivity (Wildman–Crippen MR) is 70.1 cm³/mol. The fourth-order valence-electron chi connectivity index (χ4n) is 1.56. The van der Waals surface area contributed by atoms with Crippen LogP contribution >= 0.6 is 0 Å². The maximum absolute atomic E-state index is 11.6. The highest BCUT2D eigenvalue weighted by molar-refractivity contribution is 5.37. The molecule has 0 atom stereocenters. The highest BCUT2D eigenvalue weighted by Gasteiger charge is 2.11. The van der Waals surface area contributed by atoms with Crippen LogP contribution < -0.4 is 10.5 Å². The van der Waals surface area contributed by atoms with Crippen molar-refractivity contribution in [2.24, 2.45) is 0 Å². The molecule has 0 spiro atoms. The summed E-state index contributed by atoms with van der Waals surface area (Å²) in [4.78, 5) is 20.5. The number of ether oxygens (including phenoxy) is 1. The van der Waals surface area contributed by atoms with Crippen LogP contribution in [0.5, 0.6) is 0 Å². The van der Waals surface area contributed by atoms with Gasteiger partial charge in [0.15, 0.2) is 0 Å². The molecule has 0 amide bonds. The van der Waals surface area contributed by atoms with Gasteiger partial charge in [-0.2, -0.15) is 0 Å². The third kappa shape index (κ3) is 4.12. The van der Waals surface area contributed by atoms with Gasteiger partial charge in [0.2, 0.25) is 0 Å². The van der Waals surface area contributed by atoms with Gasteiger partial charge < -0.3 is 19.7 Å². The van der Waals surface area contributed by atoms with Gasteiger partial charge in [-0.25, -0.2) is 4.98 Å². The molecule has 0 aliphatic carbocycles. The van der Waals surface area contributed by atoms with Gasteiger partial charge in [-0.15, -0.1) is 0 Å². The van der Waals surface area contributed by atoms with Crippen LogP contribution in [0.4, 0.5) is 5.82 Å². The fraction of sp³-hybridized carbons (Fsp3) is 0.667. The number of nitrogens with zero attached hydrogens (tertiary/aromatic N) is 2. The van der Waals surface area contributed by atoms with Crippen LogP contribution in [0.3, 0.4) is 0 Å². The van der Waals surface area contributed by atoms with Crippen LogP contribution in [0.15, 0.2) is 10.9 Å². The van der Waals surface area contributed by atoms with Gasteiger partial charge in [0, 0.05) is 32.2 Å². The number of nitrogens with one attached hydrogen (secondary N) is 1. The number of hydrogen-bond acceptors (Lipinski definition) is 5. The Morgan fingerprint density at radius 1 is 1.50 bits per heavy atom. The summed E-state index contributed by atoms with van der Waals surface area (Å²) in [6.45, 7) is 5.48. The molecule has 0 fully saturated rings. The third-order valence-electron chi connectivity index (χ3n) is 2.55. The van der Waals surface area contributed by atoms with E-state index < -0.39 is 0 Å². The number of aromatic nitrogens is 2. The Hall–Kier alpha value is -1.40. The summed E-state index contributed by atoms with van der Waals surface area (Å²) in [5.41, 5.74) is -0.177. The SMILES string of the molecule is COCCN(CCO)c1cc(=O)[nH]c(C(C)C)n1. The van der Waals surface area contributed by atoms with Gasteiger partial charge in [-0.05, 0) is 0 Å². The Morgan fingerprint density at radius 2 is 2.22 bits per heavy atom. The first kappa shape index (κ1) is 14.7. The smallest absolute Gasteiger partial charge is 0.252 e. The highest BCUT2D eigenvalue weighted by atomic mass is 16.5. The first-order valence-corrected chi connectivity index (χ1v) is 6.04. The number of aliphatic hydroxyl groups excluding tert-OH is 1. The number of aliphatic hydroxyl groups is 1. The minimum absolute atomic E-state index is 0.00913. The number of aromatic amines is 1. The molecule has 0 aliphatic heterocycles. The molecular formula is C12H21N3O3. The van der Waals surface area contributed by atoms with E-state index >= 15 is 0 Å². The van der Waals surface area contributed by atoms with Crippen molar-refractivity contribution in [2.75, 3.05) is 38.3 Å². The van der Waals surface area contributed by atoms with Crippen molar-refractivity contribution in [3.8, 4) is 0 Å². The van der Waals surface area contributed by atoms with Crippen LogP contribution in [-0.2, 0) is 4.74 Å². The van der Waals surface area contributed by atoms with Crippen molar-refractivity contribution in [1.29, 1.82) is 0 Å². The van der Waals surface area contributed by atoms with E-state index in [1.54, 1.807) is 7.11 Å². The molecule has 6 nitrogen and oxygen atoms in total. The summed E-state index contributed by atoms with van der Waals surface area (Å²) in [6, 6.07) is 1.44. The average Bonchev–Trinajstić information content (AvgIpc) is 2.33. The predicted octanol–water partition coefficient (Wildman–Crippen LogP) is 0.338. The largest absolute Gasteiger partial charge is 0.395 e. The van der Waals surface area contributed by atoms with Crippen molar-refractivity contribution in [2.45, 2.75) is 19.8 Å². The molecule has 1 aromatic rings. The third-order valence-corrected chi connectivity index (χ3v) is 2.55. The zero-order valence-electron chi connectivity index (χ0n) is 11.1. The molecule has 1 heterocycles. The zero-order chi connectivity index (χ0) is 13.5. The molecule has 0 radical (unpaired) electrons. The van der Waals surface area contributed by atoms with Crippen molar-refractivity contribution in [3.63, 3.8) is 0 Å². The number of hydrogen-bond donors (Lipinski definition) is 2. The molecule has 0 bridgehead atoms. The lowest BCUT2D eigenvalue weighted by molar-refractivity contribution is 0.202. The lowest BCUT2D eigenvalue weighted by Crippen LogP contribution is -2.32. The van der Waals surface area contributed by atoms with Crippen molar-refractivity contribution >= 4 is 5.82 Å². The molecule has 18 heavy (non-hydrogen) atoms. The van der Waals surface area contributed by atoms with Gasteiger partial charge in [0.05, 0.1) is 13.2 Å². The Kier molecular flexibility index (Phi) is 5.80. The Balaban J connectivity index is 2.99. The molecule has 6 heteroatoms. The molecule has 0 saturated heterocycles. The summed E-state index contributed by atoms with van der Waals surface area (Å²) in [7, 11) is 1.61. The van der Waals surface area contributed by atoms with Crippen LogP contribution in [0, 0.1) is 0 Å². The molecule has 0 aromatic carbocycles. The lowest BCUT2D eigenvalue weighted by atomic mass is 10.2. The minimum atomic E-state index is -0.177. The number of methoxy groups -OCH3 is 1. The first-order valence-electron chi connectivity index (χ1n) is 6.04. The molecule has 0 aliphatic rings. The minimum Gasteiger partial charge on any atom is -0.395 e. The summed E-state index contributed by atoms with van der Waals surface area (Å²) >= 11 is 0. The summed E-state index contributed by atoms with van der Waals surface area (Å²) in [6.07, 6.45) is 0. The zero-order valence-corrected chi connectivity index (χ0v) is 11.1. The fourth-order valence-corrected chi connectivity index (χ4v) is 1.56. The monoisotopic (exact) mass is 255 g/mol. The molecule has 102 valence electrons.